The van der Waals surface area contributed by atoms with E-state index in [4.69, 9.17) is 34.8 Å². The Morgan fingerprint density at radius 1 is 0.978 bits per heavy atom. The molecule has 2 amide bonds. The van der Waals surface area contributed by atoms with Gasteiger partial charge < -0.3 is 10.6 Å². The highest BCUT2D eigenvalue weighted by atomic mass is 35.5. The van der Waals surface area contributed by atoms with Crippen LogP contribution in [-0.4, -0.2) is 46.8 Å². The van der Waals surface area contributed by atoms with Crippen molar-refractivity contribution in [1.29, 1.82) is 0 Å². The number of amides is 2. The number of pyridine rings is 1. The van der Waals surface area contributed by atoms with Crippen LogP contribution in [0.2, 0.25) is 15.1 Å². The zero-order chi connectivity index (χ0) is 32.5. The Morgan fingerprint density at radius 3 is 2.44 bits per heavy atom. The maximum absolute atomic E-state index is 13.8. The van der Waals surface area contributed by atoms with Gasteiger partial charge in [0.25, 0.3) is 17.6 Å². The lowest BCUT2D eigenvalue weighted by atomic mass is 10.0. The van der Waals surface area contributed by atoms with Crippen molar-refractivity contribution in [3.63, 3.8) is 0 Å². The summed E-state index contributed by atoms with van der Waals surface area (Å²) < 4.78 is 40.1. The molecule has 3 aromatic heterocycles. The number of rotatable bonds is 8. The molecule has 11 nitrogen and oxygen atoms in total. The Kier molecular flexibility index (Phi) is 9.09. The van der Waals surface area contributed by atoms with E-state index in [-0.39, 0.29) is 45.0 Å². The predicted octanol–water partition coefficient (Wildman–Crippen LogP) is 6.33. The van der Waals surface area contributed by atoms with E-state index in [1.165, 1.54) is 24.4 Å². The van der Waals surface area contributed by atoms with Crippen LogP contribution in [-0.2, 0) is 12.7 Å². The number of hydrogen-bond donors (Lipinski definition) is 2. The molecule has 232 valence electrons. The van der Waals surface area contributed by atoms with Gasteiger partial charge in [0.05, 0.1) is 28.0 Å². The van der Waals surface area contributed by atoms with Crippen molar-refractivity contribution in [3.05, 3.63) is 110 Å². The molecular weight excluding hydrogens is 658 g/mol. The number of aryl methyl sites for hydroxylation is 1. The van der Waals surface area contributed by atoms with E-state index < -0.39 is 29.9 Å². The minimum atomic E-state index is -4.80. The van der Waals surface area contributed by atoms with Crippen molar-refractivity contribution < 1.29 is 22.8 Å². The molecule has 5 aromatic rings. The molecule has 17 heteroatoms. The number of hydrogen-bond acceptors (Lipinski definition) is 7. The van der Waals surface area contributed by atoms with Gasteiger partial charge in [-0.05, 0) is 72.7 Å². The van der Waals surface area contributed by atoms with Crippen LogP contribution in [0.15, 0.2) is 60.8 Å². The first-order valence-electron chi connectivity index (χ1n) is 13.0. The summed E-state index contributed by atoms with van der Waals surface area (Å²) in [4.78, 5) is 32.1. The molecule has 0 aliphatic heterocycles. The number of anilines is 1. The van der Waals surface area contributed by atoms with E-state index in [2.05, 4.69) is 36.1 Å². The molecule has 0 saturated heterocycles. The van der Waals surface area contributed by atoms with E-state index in [9.17, 15) is 22.8 Å². The molecule has 0 radical (unpaired) electrons. The highest BCUT2D eigenvalue weighted by Crippen LogP contribution is 2.29. The van der Waals surface area contributed by atoms with Gasteiger partial charge in [-0.15, -0.1) is 10.2 Å². The van der Waals surface area contributed by atoms with Crippen LogP contribution in [0.4, 0.5) is 18.9 Å². The summed E-state index contributed by atoms with van der Waals surface area (Å²) in [5.41, 5.74) is 1.47. The summed E-state index contributed by atoms with van der Waals surface area (Å²) in [6.45, 7) is 3.07. The number of halogens is 6. The Balaban J connectivity index is 1.48. The molecule has 2 aromatic carbocycles. The zero-order valence-corrected chi connectivity index (χ0v) is 25.5. The summed E-state index contributed by atoms with van der Waals surface area (Å²) in [5.74, 6) is -2.62. The van der Waals surface area contributed by atoms with Crippen LogP contribution in [0.1, 0.15) is 56.5 Å². The van der Waals surface area contributed by atoms with Gasteiger partial charge in [0.1, 0.15) is 12.2 Å². The van der Waals surface area contributed by atoms with E-state index in [1.807, 2.05) is 6.07 Å². The third-order valence-electron chi connectivity index (χ3n) is 6.42. The second-order valence-electron chi connectivity index (χ2n) is 9.73. The minimum absolute atomic E-state index is 0.0687. The third-order valence-corrected chi connectivity index (χ3v) is 7.17. The van der Waals surface area contributed by atoms with Crippen LogP contribution in [0.5, 0.6) is 0 Å². The van der Waals surface area contributed by atoms with Crippen molar-refractivity contribution in [2.45, 2.75) is 32.6 Å². The van der Waals surface area contributed by atoms with Crippen LogP contribution >= 0.6 is 34.8 Å². The second-order valence-corrected chi connectivity index (χ2v) is 11.0. The van der Waals surface area contributed by atoms with Gasteiger partial charge in [0.2, 0.25) is 0 Å². The lowest BCUT2D eigenvalue weighted by molar-refractivity contribution is -0.145. The fraction of sp³-hybridized carbons (Fsp3) is 0.179. The monoisotopic (exact) mass is 677 g/mol. The molecule has 1 atom stereocenters. The molecule has 5 rings (SSSR count). The lowest BCUT2D eigenvalue weighted by Crippen LogP contribution is -2.28. The maximum atomic E-state index is 13.8. The highest BCUT2D eigenvalue weighted by Gasteiger charge is 2.37. The normalized spacial score (nSPS) is 12.2. The molecule has 0 spiro atoms. The molecular formula is C28H21Cl3F3N9O2. The molecule has 3 heterocycles. The molecule has 0 aliphatic carbocycles. The SMILES string of the molecule is Cc1cc(Cl)cc(C(=O)NC(C)c2cccc(Cl)c2)c1NC(=O)c1cc(Cn2nnc(C(F)(F)F)n2)nn1-c1ncccc1Cl. The number of carbonyl (C=O) groups excluding carboxylic acids is 2. The topological polar surface area (TPSA) is 133 Å². The third kappa shape index (κ3) is 7.24. The maximum Gasteiger partial charge on any atom is 0.455 e. The average molecular weight is 679 g/mol. The number of carbonyl (C=O) groups is 2. The fourth-order valence-corrected chi connectivity index (χ4v) is 5.00. The Morgan fingerprint density at radius 2 is 1.76 bits per heavy atom. The first kappa shape index (κ1) is 31.9. The number of benzene rings is 2. The van der Waals surface area contributed by atoms with Crippen molar-refractivity contribution in [2.75, 3.05) is 5.32 Å². The van der Waals surface area contributed by atoms with Gasteiger partial charge in [0.15, 0.2) is 5.82 Å². The number of aromatic nitrogens is 7. The van der Waals surface area contributed by atoms with E-state index >= 15 is 0 Å². The van der Waals surface area contributed by atoms with Gasteiger partial charge in [-0.1, -0.05) is 46.9 Å². The van der Waals surface area contributed by atoms with Crippen molar-refractivity contribution in [2.24, 2.45) is 0 Å². The first-order valence-corrected chi connectivity index (χ1v) is 14.2. The van der Waals surface area contributed by atoms with Crippen LogP contribution in [0.3, 0.4) is 0 Å². The Bertz CT molecular complexity index is 1910. The van der Waals surface area contributed by atoms with Crippen LogP contribution in [0, 0.1) is 6.92 Å². The Hall–Kier alpha value is -4.53. The number of tetrazole rings is 1. The van der Waals surface area contributed by atoms with Crippen molar-refractivity contribution >= 4 is 52.3 Å². The summed E-state index contributed by atoms with van der Waals surface area (Å²) in [5, 5.41) is 20.6. The summed E-state index contributed by atoms with van der Waals surface area (Å²) in [6, 6.07) is 13.9. The predicted molar refractivity (Wildman–Crippen MR) is 160 cm³/mol. The smallest absolute Gasteiger partial charge is 0.345 e. The highest BCUT2D eigenvalue weighted by molar-refractivity contribution is 6.32. The molecule has 0 bridgehead atoms. The number of alkyl halides is 3. The fourth-order valence-electron chi connectivity index (χ4n) is 4.33. The number of nitrogens with one attached hydrogen (secondary N) is 2. The lowest BCUT2D eigenvalue weighted by Gasteiger charge is -2.18. The van der Waals surface area contributed by atoms with Gasteiger partial charge in [-0.2, -0.15) is 23.1 Å². The molecule has 45 heavy (non-hydrogen) atoms. The summed E-state index contributed by atoms with van der Waals surface area (Å²) >= 11 is 18.7. The van der Waals surface area contributed by atoms with Gasteiger partial charge in [0, 0.05) is 16.2 Å². The average Bonchev–Trinajstić information content (AvgIpc) is 3.62. The van der Waals surface area contributed by atoms with Crippen LogP contribution < -0.4 is 10.6 Å². The van der Waals surface area contributed by atoms with E-state index in [0.29, 0.717) is 15.4 Å². The minimum Gasteiger partial charge on any atom is -0.345 e. The quantitative estimate of drug-likeness (QED) is 0.196. The summed E-state index contributed by atoms with van der Waals surface area (Å²) in [6.07, 6.45) is -3.37. The molecule has 0 fully saturated rings. The Labute approximate surface area is 268 Å². The molecule has 2 N–H and O–H groups in total. The molecule has 0 aliphatic rings. The standard InChI is InChI=1S/C28H21Cl3F3N9O2/c1-14-9-18(30)11-20(25(44)36-15(2)16-5-3-6-17(29)10-16)23(14)37-26(45)22-12-19(13-42-40-27(38-41-42)28(32,33)34)39-43(22)24-21(31)7-4-8-35-24/h3-12,15H,13H2,1-2H3,(H,36,44)(H,37,45). The first-order chi connectivity index (χ1) is 21.3. The van der Waals surface area contributed by atoms with Gasteiger partial charge in [-0.25, -0.2) is 9.67 Å². The molecule has 1 unspecified atom stereocenters. The molecule has 0 saturated carbocycles. The van der Waals surface area contributed by atoms with Gasteiger partial charge in [-0.3, -0.25) is 9.59 Å². The van der Waals surface area contributed by atoms with Crippen molar-refractivity contribution in [1.82, 2.24) is 40.3 Å². The second kappa shape index (κ2) is 12.8. The van der Waals surface area contributed by atoms with Gasteiger partial charge >= 0.3 is 6.18 Å². The van der Waals surface area contributed by atoms with E-state index in [1.54, 1.807) is 44.2 Å². The summed E-state index contributed by atoms with van der Waals surface area (Å²) in [7, 11) is 0. The van der Waals surface area contributed by atoms with E-state index in [0.717, 1.165) is 10.2 Å². The van der Waals surface area contributed by atoms with Crippen LogP contribution in [0.25, 0.3) is 5.82 Å². The zero-order valence-electron chi connectivity index (χ0n) is 23.3. The van der Waals surface area contributed by atoms with Crippen molar-refractivity contribution in [3.8, 4) is 5.82 Å². The largest absolute Gasteiger partial charge is 0.455 e. The number of nitrogens with zero attached hydrogens (tertiary/aromatic N) is 7.